The first-order valence-corrected chi connectivity index (χ1v) is 6.89. The maximum atomic E-state index is 6.10. The third-order valence-electron chi connectivity index (χ3n) is 2.57. The molecule has 0 spiro atoms. The average molecular weight is 320 g/mol. The molecule has 19 heavy (non-hydrogen) atoms. The van der Waals surface area contributed by atoms with Gasteiger partial charge in [0, 0.05) is 11.1 Å². The van der Waals surface area contributed by atoms with E-state index in [1.54, 1.807) is 12.1 Å². The molecule has 0 saturated carbocycles. The van der Waals surface area contributed by atoms with Crippen molar-refractivity contribution in [2.24, 2.45) is 0 Å². The summed E-state index contributed by atoms with van der Waals surface area (Å²) < 4.78 is 1.84. The molecule has 0 bridgehead atoms. The van der Waals surface area contributed by atoms with Gasteiger partial charge in [-0.25, -0.2) is 9.67 Å². The molecule has 0 unspecified atom stereocenters. The van der Waals surface area contributed by atoms with Crippen molar-refractivity contribution in [2.45, 2.75) is 26.4 Å². The molecule has 0 atom stereocenters. The van der Waals surface area contributed by atoms with Gasteiger partial charge in [0.15, 0.2) is 0 Å². The molecule has 1 aromatic heterocycles. The standard InChI is InChI=1S/C12H13Cl3N4/c1-7(2)19-11(17-6-18-19)5-16-12-9(14)3-8(13)4-10(12)15/h3-4,6-7,16H,5H2,1-2H3. The molecule has 0 saturated heterocycles. The molecule has 0 fully saturated rings. The fraction of sp³-hybridized carbons (Fsp3) is 0.333. The van der Waals surface area contributed by atoms with Crippen LogP contribution in [0, 0.1) is 0 Å². The maximum absolute atomic E-state index is 6.10. The first-order chi connectivity index (χ1) is 8.99. The Labute approximate surface area is 126 Å². The van der Waals surface area contributed by atoms with Gasteiger partial charge in [-0.05, 0) is 26.0 Å². The summed E-state index contributed by atoms with van der Waals surface area (Å²) in [5.41, 5.74) is 0.644. The first kappa shape index (κ1) is 14.4. The minimum Gasteiger partial charge on any atom is -0.375 e. The molecule has 0 aliphatic carbocycles. The molecule has 4 nitrogen and oxygen atoms in total. The summed E-state index contributed by atoms with van der Waals surface area (Å²) in [6.07, 6.45) is 1.53. The fourth-order valence-corrected chi connectivity index (χ4v) is 2.66. The van der Waals surface area contributed by atoms with Crippen molar-refractivity contribution >= 4 is 40.5 Å². The van der Waals surface area contributed by atoms with Gasteiger partial charge in [0.05, 0.1) is 22.3 Å². The van der Waals surface area contributed by atoms with Gasteiger partial charge in [0.2, 0.25) is 0 Å². The number of anilines is 1. The largest absolute Gasteiger partial charge is 0.375 e. The molecule has 2 aromatic rings. The summed E-state index contributed by atoms with van der Waals surface area (Å²) in [5, 5.41) is 8.79. The second-order valence-electron chi connectivity index (χ2n) is 4.31. The molecule has 1 aromatic carbocycles. The summed E-state index contributed by atoms with van der Waals surface area (Å²) in [7, 11) is 0. The molecule has 0 radical (unpaired) electrons. The predicted octanol–water partition coefficient (Wildman–Crippen LogP) is 4.43. The minimum atomic E-state index is 0.246. The number of aromatic nitrogens is 3. The van der Waals surface area contributed by atoms with Gasteiger partial charge in [-0.2, -0.15) is 5.10 Å². The third-order valence-corrected chi connectivity index (χ3v) is 3.38. The van der Waals surface area contributed by atoms with Gasteiger partial charge in [-0.15, -0.1) is 0 Å². The molecule has 102 valence electrons. The smallest absolute Gasteiger partial charge is 0.146 e. The summed E-state index contributed by atoms with van der Waals surface area (Å²) in [5.74, 6) is 0.817. The van der Waals surface area contributed by atoms with Crippen molar-refractivity contribution in [1.82, 2.24) is 14.8 Å². The van der Waals surface area contributed by atoms with Crippen LogP contribution in [0.2, 0.25) is 15.1 Å². The SMILES string of the molecule is CC(C)n1ncnc1CNc1c(Cl)cc(Cl)cc1Cl. The summed E-state index contributed by atoms with van der Waals surface area (Å²) >= 11 is 18.1. The van der Waals surface area contributed by atoms with Crippen LogP contribution in [0.15, 0.2) is 18.5 Å². The highest BCUT2D eigenvalue weighted by Gasteiger charge is 2.11. The third kappa shape index (κ3) is 3.32. The lowest BCUT2D eigenvalue weighted by Gasteiger charge is -2.13. The van der Waals surface area contributed by atoms with Crippen LogP contribution in [0.25, 0.3) is 0 Å². The number of benzene rings is 1. The quantitative estimate of drug-likeness (QED) is 0.906. The van der Waals surface area contributed by atoms with Gasteiger partial charge in [-0.1, -0.05) is 34.8 Å². The van der Waals surface area contributed by atoms with Crippen LogP contribution in [0.4, 0.5) is 5.69 Å². The van der Waals surface area contributed by atoms with Crippen LogP contribution in [0.3, 0.4) is 0 Å². The van der Waals surface area contributed by atoms with Crippen LogP contribution >= 0.6 is 34.8 Å². The van der Waals surface area contributed by atoms with Crippen molar-refractivity contribution in [3.63, 3.8) is 0 Å². The van der Waals surface area contributed by atoms with Crippen LogP contribution in [-0.2, 0) is 6.54 Å². The highest BCUT2D eigenvalue weighted by molar-refractivity contribution is 6.41. The van der Waals surface area contributed by atoms with Crippen molar-refractivity contribution in [3.8, 4) is 0 Å². The topological polar surface area (TPSA) is 42.7 Å². The highest BCUT2D eigenvalue weighted by Crippen LogP contribution is 2.33. The van der Waals surface area contributed by atoms with Crippen molar-refractivity contribution in [3.05, 3.63) is 39.4 Å². The van der Waals surface area contributed by atoms with Gasteiger partial charge in [0.1, 0.15) is 12.2 Å². The van der Waals surface area contributed by atoms with Crippen LogP contribution < -0.4 is 5.32 Å². The second kappa shape index (κ2) is 5.99. The molecule has 0 amide bonds. The number of nitrogens with zero attached hydrogens (tertiary/aromatic N) is 3. The Morgan fingerprint density at radius 1 is 1.21 bits per heavy atom. The van der Waals surface area contributed by atoms with E-state index < -0.39 is 0 Å². The van der Waals surface area contributed by atoms with E-state index in [9.17, 15) is 0 Å². The number of halogens is 3. The molecule has 1 heterocycles. The van der Waals surface area contributed by atoms with E-state index in [2.05, 4.69) is 15.4 Å². The van der Waals surface area contributed by atoms with E-state index in [0.717, 1.165) is 5.82 Å². The van der Waals surface area contributed by atoms with E-state index in [4.69, 9.17) is 34.8 Å². The van der Waals surface area contributed by atoms with Gasteiger partial charge in [0.25, 0.3) is 0 Å². The van der Waals surface area contributed by atoms with E-state index in [-0.39, 0.29) is 6.04 Å². The van der Waals surface area contributed by atoms with E-state index in [1.807, 2.05) is 18.5 Å². The predicted molar refractivity (Wildman–Crippen MR) is 79.2 cm³/mol. The van der Waals surface area contributed by atoms with E-state index >= 15 is 0 Å². The highest BCUT2D eigenvalue weighted by atomic mass is 35.5. The maximum Gasteiger partial charge on any atom is 0.146 e. The Balaban J connectivity index is 2.17. The van der Waals surface area contributed by atoms with Gasteiger partial charge < -0.3 is 5.32 Å². The molecular formula is C12H13Cl3N4. The first-order valence-electron chi connectivity index (χ1n) is 5.76. The monoisotopic (exact) mass is 318 g/mol. The molecule has 7 heteroatoms. The van der Waals surface area contributed by atoms with E-state index in [1.165, 1.54) is 6.33 Å². The number of nitrogens with one attached hydrogen (secondary N) is 1. The minimum absolute atomic E-state index is 0.246. The Bertz CT molecular complexity index is 557. The summed E-state index contributed by atoms with van der Waals surface area (Å²) in [6, 6.07) is 3.53. The summed E-state index contributed by atoms with van der Waals surface area (Å²) in [6.45, 7) is 4.57. The molecule has 0 aliphatic rings. The Morgan fingerprint density at radius 3 is 2.42 bits per heavy atom. The summed E-state index contributed by atoms with van der Waals surface area (Å²) in [4.78, 5) is 4.21. The Morgan fingerprint density at radius 2 is 1.84 bits per heavy atom. The van der Waals surface area contributed by atoms with Crippen LogP contribution in [0.5, 0.6) is 0 Å². The van der Waals surface area contributed by atoms with Crippen molar-refractivity contribution in [1.29, 1.82) is 0 Å². The zero-order chi connectivity index (χ0) is 14.0. The van der Waals surface area contributed by atoms with Crippen LogP contribution in [0.1, 0.15) is 25.7 Å². The second-order valence-corrected chi connectivity index (χ2v) is 5.56. The molecule has 1 N–H and O–H groups in total. The number of hydrogen-bond acceptors (Lipinski definition) is 3. The average Bonchev–Trinajstić information content (AvgIpc) is 2.75. The van der Waals surface area contributed by atoms with Crippen LogP contribution in [-0.4, -0.2) is 14.8 Å². The molecule has 0 aliphatic heterocycles. The van der Waals surface area contributed by atoms with Crippen molar-refractivity contribution < 1.29 is 0 Å². The lowest BCUT2D eigenvalue weighted by molar-refractivity contribution is 0.509. The number of rotatable bonds is 4. The lowest BCUT2D eigenvalue weighted by atomic mass is 10.3. The Kier molecular flexibility index (Phi) is 4.55. The molecule has 2 rings (SSSR count). The Hall–Kier alpha value is -0.970. The normalized spacial score (nSPS) is 11.1. The lowest BCUT2D eigenvalue weighted by Crippen LogP contribution is -2.12. The van der Waals surface area contributed by atoms with Gasteiger partial charge in [-0.3, -0.25) is 0 Å². The molecular weight excluding hydrogens is 307 g/mol. The van der Waals surface area contributed by atoms with Gasteiger partial charge >= 0.3 is 0 Å². The van der Waals surface area contributed by atoms with E-state index in [0.29, 0.717) is 27.3 Å². The number of hydrogen-bond donors (Lipinski definition) is 1. The van der Waals surface area contributed by atoms with Crippen molar-refractivity contribution in [2.75, 3.05) is 5.32 Å². The zero-order valence-electron chi connectivity index (χ0n) is 10.5. The zero-order valence-corrected chi connectivity index (χ0v) is 12.8. The fourth-order valence-electron chi connectivity index (χ4n) is 1.71.